The van der Waals surface area contributed by atoms with Gasteiger partial charge in [0.1, 0.15) is 11.4 Å². The van der Waals surface area contributed by atoms with Crippen molar-refractivity contribution in [2.45, 2.75) is 19.4 Å². The number of anilines is 1. The fraction of sp³-hybridized carbons (Fsp3) is 0.300. The van der Waals surface area contributed by atoms with Crippen LogP contribution < -0.4 is 5.32 Å². The Labute approximate surface area is 77.0 Å². The number of nitrogens with one attached hydrogen (secondary N) is 1. The van der Waals surface area contributed by atoms with E-state index in [1.54, 1.807) is 32.0 Å². The molecule has 0 aliphatic heterocycles. The highest BCUT2D eigenvalue weighted by atomic mass is 19.1. The maximum Gasteiger partial charge on any atom is 0.146 e. The molecular weight excluding hydrogens is 167 g/mol. The van der Waals surface area contributed by atoms with Crippen LogP contribution in [-0.2, 0) is 0 Å². The molecule has 68 valence electrons. The number of nitriles is 1. The Balaban J connectivity index is 2.88. The van der Waals surface area contributed by atoms with Crippen molar-refractivity contribution in [3.05, 3.63) is 30.1 Å². The molecule has 0 atom stereocenters. The third-order valence-corrected chi connectivity index (χ3v) is 1.60. The molecular formula is C10H11FN2. The van der Waals surface area contributed by atoms with Crippen LogP contribution in [0, 0.1) is 17.1 Å². The first-order chi connectivity index (χ1) is 6.05. The van der Waals surface area contributed by atoms with Crippen LogP contribution in [0.4, 0.5) is 10.1 Å². The lowest BCUT2D eigenvalue weighted by Crippen LogP contribution is -2.28. The van der Waals surface area contributed by atoms with E-state index >= 15 is 0 Å². The summed E-state index contributed by atoms with van der Waals surface area (Å²) in [4.78, 5) is 0. The highest BCUT2D eigenvalue weighted by molar-refractivity contribution is 5.48. The molecule has 0 spiro atoms. The summed E-state index contributed by atoms with van der Waals surface area (Å²) < 4.78 is 13.1. The first-order valence-corrected chi connectivity index (χ1v) is 3.99. The van der Waals surface area contributed by atoms with Gasteiger partial charge in [0.2, 0.25) is 0 Å². The number of rotatable bonds is 2. The zero-order chi connectivity index (χ0) is 9.90. The predicted molar refractivity (Wildman–Crippen MR) is 49.7 cm³/mol. The second kappa shape index (κ2) is 3.44. The number of nitrogens with zero attached hydrogens (tertiary/aromatic N) is 1. The van der Waals surface area contributed by atoms with Crippen LogP contribution >= 0.6 is 0 Å². The molecule has 0 saturated heterocycles. The van der Waals surface area contributed by atoms with Gasteiger partial charge in [-0.3, -0.25) is 0 Å². The van der Waals surface area contributed by atoms with E-state index < -0.39 is 5.54 Å². The van der Waals surface area contributed by atoms with Gasteiger partial charge in [0.05, 0.1) is 11.8 Å². The van der Waals surface area contributed by atoms with Crippen LogP contribution in [0.15, 0.2) is 24.3 Å². The predicted octanol–water partition coefficient (Wildman–Crippen LogP) is 2.54. The van der Waals surface area contributed by atoms with Crippen molar-refractivity contribution in [3.8, 4) is 6.07 Å². The molecule has 0 amide bonds. The lowest BCUT2D eigenvalue weighted by atomic mass is 10.1. The van der Waals surface area contributed by atoms with Crippen LogP contribution in [0.1, 0.15) is 13.8 Å². The summed E-state index contributed by atoms with van der Waals surface area (Å²) >= 11 is 0. The van der Waals surface area contributed by atoms with Gasteiger partial charge in [-0.05, 0) is 26.0 Å². The summed E-state index contributed by atoms with van der Waals surface area (Å²) in [6.45, 7) is 3.39. The third-order valence-electron chi connectivity index (χ3n) is 1.60. The Morgan fingerprint density at radius 1 is 1.38 bits per heavy atom. The van der Waals surface area contributed by atoms with Crippen LogP contribution in [0.3, 0.4) is 0 Å². The minimum atomic E-state index is -0.748. The van der Waals surface area contributed by atoms with E-state index in [-0.39, 0.29) is 5.82 Å². The second-order valence-corrected chi connectivity index (χ2v) is 3.34. The maximum absolute atomic E-state index is 13.1. The number of halogens is 1. The average Bonchev–Trinajstić information content (AvgIpc) is 2.09. The molecule has 0 aliphatic carbocycles. The lowest BCUT2D eigenvalue weighted by molar-refractivity contribution is 0.620. The van der Waals surface area contributed by atoms with Gasteiger partial charge < -0.3 is 5.32 Å². The topological polar surface area (TPSA) is 35.8 Å². The smallest absolute Gasteiger partial charge is 0.146 e. The molecule has 0 heterocycles. The Morgan fingerprint density at radius 2 is 2.00 bits per heavy atom. The fourth-order valence-corrected chi connectivity index (χ4v) is 0.927. The second-order valence-electron chi connectivity index (χ2n) is 3.34. The number of hydrogen-bond acceptors (Lipinski definition) is 2. The summed E-state index contributed by atoms with van der Waals surface area (Å²) in [5.41, 5.74) is -0.392. The average molecular weight is 178 g/mol. The van der Waals surface area contributed by atoms with Crippen LogP contribution in [0.5, 0.6) is 0 Å². The number of para-hydroxylation sites is 1. The van der Waals surface area contributed by atoms with Gasteiger partial charge in [0.15, 0.2) is 0 Å². The van der Waals surface area contributed by atoms with E-state index in [1.807, 2.05) is 6.07 Å². The van der Waals surface area contributed by atoms with E-state index in [4.69, 9.17) is 5.26 Å². The quantitative estimate of drug-likeness (QED) is 0.755. The van der Waals surface area contributed by atoms with Crippen molar-refractivity contribution < 1.29 is 4.39 Å². The van der Waals surface area contributed by atoms with Gasteiger partial charge in [0.25, 0.3) is 0 Å². The third kappa shape index (κ3) is 2.45. The van der Waals surface area contributed by atoms with E-state index in [2.05, 4.69) is 5.32 Å². The summed E-state index contributed by atoms with van der Waals surface area (Å²) in [6.07, 6.45) is 0. The Kier molecular flexibility index (Phi) is 2.52. The molecule has 0 aromatic heterocycles. The largest absolute Gasteiger partial charge is 0.365 e. The standard InChI is InChI=1S/C10H11FN2/c1-10(2,7-12)13-9-6-4-3-5-8(9)11/h3-6,13H,1-2H3. The molecule has 1 N–H and O–H groups in total. The van der Waals surface area contributed by atoms with E-state index in [0.717, 1.165) is 0 Å². The van der Waals surface area contributed by atoms with Gasteiger partial charge in [-0.2, -0.15) is 5.26 Å². The SMILES string of the molecule is CC(C)(C#N)Nc1ccccc1F. The molecule has 13 heavy (non-hydrogen) atoms. The molecule has 0 aliphatic rings. The van der Waals surface area contributed by atoms with Crippen molar-refractivity contribution in [2.75, 3.05) is 5.32 Å². The molecule has 0 fully saturated rings. The zero-order valence-corrected chi connectivity index (χ0v) is 7.63. The Bertz CT molecular complexity index is 339. The Morgan fingerprint density at radius 3 is 2.54 bits per heavy atom. The van der Waals surface area contributed by atoms with Crippen LogP contribution in [0.2, 0.25) is 0 Å². The minimum Gasteiger partial charge on any atom is -0.365 e. The molecule has 0 saturated carbocycles. The van der Waals surface area contributed by atoms with Gasteiger partial charge in [-0.25, -0.2) is 4.39 Å². The maximum atomic E-state index is 13.1. The molecule has 0 unspecified atom stereocenters. The summed E-state index contributed by atoms with van der Waals surface area (Å²) in [5, 5.41) is 11.5. The van der Waals surface area contributed by atoms with E-state index in [1.165, 1.54) is 6.07 Å². The zero-order valence-electron chi connectivity index (χ0n) is 7.63. The summed E-state index contributed by atoms with van der Waals surface area (Å²) in [5.74, 6) is -0.342. The van der Waals surface area contributed by atoms with Crippen LogP contribution in [0.25, 0.3) is 0 Å². The van der Waals surface area contributed by atoms with Crippen molar-refractivity contribution in [1.82, 2.24) is 0 Å². The van der Waals surface area contributed by atoms with Crippen molar-refractivity contribution in [2.24, 2.45) is 0 Å². The highest BCUT2D eigenvalue weighted by Crippen LogP contribution is 2.17. The molecule has 1 aromatic carbocycles. The van der Waals surface area contributed by atoms with Crippen LogP contribution in [-0.4, -0.2) is 5.54 Å². The van der Waals surface area contributed by atoms with Crippen molar-refractivity contribution in [3.63, 3.8) is 0 Å². The Hall–Kier alpha value is -1.56. The first-order valence-electron chi connectivity index (χ1n) is 3.99. The van der Waals surface area contributed by atoms with Gasteiger partial charge in [-0.1, -0.05) is 12.1 Å². The normalized spacial score (nSPS) is 10.6. The summed E-state index contributed by atoms with van der Waals surface area (Å²) in [6, 6.07) is 8.33. The highest BCUT2D eigenvalue weighted by Gasteiger charge is 2.16. The summed E-state index contributed by atoms with van der Waals surface area (Å²) in [7, 11) is 0. The van der Waals surface area contributed by atoms with Gasteiger partial charge in [0, 0.05) is 0 Å². The number of benzene rings is 1. The molecule has 1 rings (SSSR count). The van der Waals surface area contributed by atoms with E-state index in [9.17, 15) is 4.39 Å². The fourth-order valence-electron chi connectivity index (χ4n) is 0.927. The molecule has 0 radical (unpaired) electrons. The molecule has 1 aromatic rings. The monoisotopic (exact) mass is 178 g/mol. The van der Waals surface area contributed by atoms with Gasteiger partial charge in [-0.15, -0.1) is 0 Å². The lowest BCUT2D eigenvalue weighted by Gasteiger charge is -2.19. The minimum absolute atomic E-state index is 0.342. The molecule has 2 nitrogen and oxygen atoms in total. The first kappa shape index (κ1) is 9.53. The number of hydrogen-bond donors (Lipinski definition) is 1. The molecule has 3 heteroatoms. The van der Waals surface area contributed by atoms with Crippen molar-refractivity contribution in [1.29, 1.82) is 5.26 Å². The van der Waals surface area contributed by atoms with E-state index in [0.29, 0.717) is 5.69 Å². The molecule has 0 bridgehead atoms. The van der Waals surface area contributed by atoms with Crippen molar-refractivity contribution >= 4 is 5.69 Å². The van der Waals surface area contributed by atoms with Gasteiger partial charge >= 0.3 is 0 Å².